The van der Waals surface area contributed by atoms with Gasteiger partial charge in [0.05, 0.1) is 5.56 Å². The van der Waals surface area contributed by atoms with Gasteiger partial charge in [0.25, 0.3) is 0 Å². The van der Waals surface area contributed by atoms with E-state index < -0.39 is 11.7 Å². The molecule has 0 aliphatic carbocycles. The third kappa shape index (κ3) is 9.29. The molecule has 0 radical (unpaired) electrons. The second-order valence-electron chi connectivity index (χ2n) is 5.43. The minimum atomic E-state index is -4.30. The molecule has 0 aliphatic rings. The number of benzene rings is 1. The molecule has 0 atom stereocenters. The van der Waals surface area contributed by atoms with E-state index in [2.05, 4.69) is 10.3 Å². The van der Waals surface area contributed by atoms with E-state index in [4.69, 9.17) is 4.74 Å². The molecule has 0 fully saturated rings. The molecule has 0 bridgehead atoms. The molecule has 0 spiro atoms. The van der Waals surface area contributed by atoms with Crippen molar-refractivity contribution in [1.29, 1.82) is 0 Å². The molecular formula is C17H27F3IN3O. The van der Waals surface area contributed by atoms with E-state index in [1.54, 1.807) is 7.05 Å². The summed E-state index contributed by atoms with van der Waals surface area (Å²) in [6, 6.07) is 5.20. The maximum atomic E-state index is 12.6. The zero-order valence-corrected chi connectivity index (χ0v) is 17.2. The minimum absolute atomic E-state index is 0. The van der Waals surface area contributed by atoms with E-state index in [0.29, 0.717) is 12.5 Å². The number of guanidine groups is 1. The number of alkyl halides is 3. The maximum absolute atomic E-state index is 12.6. The minimum Gasteiger partial charge on any atom is -0.382 e. The summed E-state index contributed by atoms with van der Waals surface area (Å²) < 4.78 is 43.0. The third-order valence-corrected chi connectivity index (χ3v) is 3.48. The molecule has 25 heavy (non-hydrogen) atoms. The van der Waals surface area contributed by atoms with Crippen molar-refractivity contribution in [2.45, 2.75) is 32.5 Å². The SMILES string of the molecule is CCOCCCCNC(=NC)N(C)Cc1ccc(C(F)(F)F)cc1.I. The van der Waals surface area contributed by atoms with E-state index in [1.807, 2.05) is 18.9 Å². The molecule has 0 aliphatic heterocycles. The van der Waals surface area contributed by atoms with Crippen LogP contribution in [0.1, 0.15) is 30.9 Å². The lowest BCUT2D eigenvalue weighted by atomic mass is 10.1. The Bertz CT molecular complexity index is 507. The fraction of sp³-hybridized carbons (Fsp3) is 0.588. The molecule has 1 aromatic rings. The first-order chi connectivity index (χ1) is 11.4. The Labute approximate surface area is 164 Å². The summed E-state index contributed by atoms with van der Waals surface area (Å²) in [6.07, 6.45) is -2.36. The normalized spacial score (nSPS) is 11.8. The Morgan fingerprint density at radius 3 is 2.36 bits per heavy atom. The maximum Gasteiger partial charge on any atom is 0.416 e. The van der Waals surface area contributed by atoms with Crippen molar-refractivity contribution >= 4 is 29.9 Å². The summed E-state index contributed by atoms with van der Waals surface area (Å²) in [4.78, 5) is 6.08. The standard InChI is InChI=1S/C17H26F3N3O.HI/c1-4-24-12-6-5-11-22-16(21-2)23(3)13-14-7-9-15(10-8-14)17(18,19)20;/h7-10H,4-6,11-13H2,1-3H3,(H,21,22);1H. The summed E-state index contributed by atoms with van der Waals surface area (Å²) in [5, 5.41) is 3.24. The molecule has 0 aromatic heterocycles. The summed E-state index contributed by atoms with van der Waals surface area (Å²) in [5.74, 6) is 0.714. The van der Waals surface area contributed by atoms with Gasteiger partial charge in [0, 0.05) is 40.4 Å². The first-order valence-corrected chi connectivity index (χ1v) is 8.04. The topological polar surface area (TPSA) is 36.9 Å². The number of nitrogens with zero attached hydrogens (tertiary/aromatic N) is 2. The largest absolute Gasteiger partial charge is 0.416 e. The van der Waals surface area contributed by atoms with Gasteiger partial charge < -0.3 is 15.0 Å². The van der Waals surface area contributed by atoms with E-state index in [-0.39, 0.29) is 24.0 Å². The lowest BCUT2D eigenvalue weighted by molar-refractivity contribution is -0.137. The number of aliphatic imine (C=N–C) groups is 1. The molecule has 1 N–H and O–H groups in total. The van der Waals surface area contributed by atoms with Gasteiger partial charge in [-0.25, -0.2) is 0 Å². The van der Waals surface area contributed by atoms with Crippen LogP contribution >= 0.6 is 24.0 Å². The molecule has 0 heterocycles. The van der Waals surface area contributed by atoms with Crippen LogP contribution in [0.4, 0.5) is 13.2 Å². The number of hydrogen-bond acceptors (Lipinski definition) is 2. The van der Waals surface area contributed by atoms with Gasteiger partial charge in [0.1, 0.15) is 0 Å². The van der Waals surface area contributed by atoms with Crippen molar-refractivity contribution in [3.63, 3.8) is 0 Å². The highest BCUT2D eigenvalue weighted by atomic mass is 127. The second-order valence-corrected chi connectivity index (χ2v) is 5.43. The van der Waals surface area contributed by atoms with Crippen molar-refractivity contribution in [3.8, 4) is 0 Å². The fourth-order valence-corrected chi connectivity index (χ4v) is 2.21. The van der Waals surface area contributed by atoms with Crippen molar-refractivity contribution in [1.82, 2.24) is 10.2 Å². The Kier molecular flexibility index (Phi) is 11.8. The number of nitrogens with one attached hydrogen (secondary N) is 1. The molecule has 4 nitrogen and oxygen atoms in total. The number of halogens is 4. The summed E-state index contributed by atoms with van der Waals surface area (Å²) in [6.45, 7) is 4.70. The van der Waals surface area contributed by atoms with Gasteiger partial charge in [-0.2, -0.15) is 13.2 Å². The summed E-state index contributed by atoms with van der Waals surface area (Å²) >= 11 is 0. The Balaban J connectivity index is 0.00000576. The smallest absolute Gasteiger partial charge is 0.382 e. The predicted molar refractivity (Wildman–Crippen MR) is 105 cm³/mol. The van der Waals surface area contributed by atoms with Crippen molar-refractivity contribution < 1.29 is 17.9 Å². The lowest BCUT2D eigenvalue weighted by Crippen LogP contribution is -2.38. The van der Waals surface area contributed by atoms with Gasteiger partial charge in [0.2, 0.25) is 0 Å². The average Bonchev–Trinajstić information content (AvgIpc) is 2.54. The fourth-order valence-electron chi connectivity index (χ4n) is 2.21. The molecule has 144 valence electrons. The molecule has 1 rings (SSSR count). The second kappa shape index (κ2) is 12.3. The van der Waals surface area contributed by atoms with Gasteiger partial charge in [-0.15, -0.1) is 24.0 Å². The zero-order chi connectivity index (χ0) is 18.0. The first-order valence-electron chi connectivity index (χ1n) is 8.04. The van der Waals surface area contributed by atoms with E-state index in [0.717, 1.165) is 50.3 Å². The van der Waals surface area contributed by atoms with Gasteiger partial charge in [-0.3, -0.25) is 4.99 Å². The number of hydrogen-bond donors (Lipinski definition) is 1. The van der Waals surface area contributed by atoms with Crippen LogP contribution in [-0.2, 0) is 17.5 Å². The van der Waals surface area contributed by atoms with Crippen LogP contribution in [0.15, 0.2) is 29.3 Å². The van der Waals surface area contributed by atoms with Crippen molar-refractivity contribution in [2.75, 3.05) is 33.9 Å². The molecule has 0 unspecified atom stereocenters. The van der Waals surface area contributed by atoms with Crippen LogP contribution in [0.2, 0.25) is 0 Å². The zero-order valence-electron chi connectivity index (χ0n) is 14.9. The van der Waals surface area contributed by atoms with Crippen LogP contribution in [0.3, 0.4) is 0 Å². The molecule has 0 saturated heterocycles. The molecule has 8 heteroatoms. The lowest BCUT2D eigenvalue weighted by Gasteiger charge is -2.22. The van der Waals surface area contributed by atoms with E-state index in [1.165, 1.54) is 12.1 Å². The number of unbranched alkanes of at least 4 members (excludes halogenated alkanes) is 1. The Morgan fingerprint density at radius 1 is 1.20 bits per heavy atom. The monoisotopic (exact) mass is 473 g/mol. The molecule has 0 amide bonds. The van der Waals surface area contributed by atoms with Crippen LogP contribution in [0.5, 0.6) is 0 Å². The Morgan fingerprint density at radius 2 is 1.84 bits per heavy atom. The van der Waals surface area contributed by atoms with Gasteiger partial charge in [-0.05, 0) is 37.5 Å². The van der Waals surface area contributed by atoms with Crippen molar-refractivity contribution in [3.05, 3.63) is 35.4 Å². The number of rotatable bonds is 8. The molecule has 1 aromatic carbocycles. The van der Waals surface area contributed by atoms with Crippen LogP contribution in [-0.4, -0.2) is 44.7 Å². The van der Waals surface area contributed by atoms with E-state index in [9.17, 15) is 13.2 Å². The number of ether oxygens (including phenoxy) is 1. The predicted octanol–water partition coefficient (Wildman–Crippen LogP) is 4.15. The highest BCUT2D eigenvalue weighted by Crippen LogP contribution is 2.29. The average molecular weight is 473 g/mol. The quantitative estimate of drug-likeness (QED) is 0.267. The van der Waals surface area contributed by atoms with E-state index >= 15 is 0 Å². The van der Waals surface area contributed by atoms with Crippen LogP contribution in [0.25, 0.3) is 0 Å². The summed E-state index contributed by atoms with van der Waals surface area (Å²) in [5.41, 5.74) is 0.163. The highest BCUT2D eigenvalue weighted by Gasteiger charge is 2.29. The Hall–Kier alpha value is -1.03. The van der Waals surface area contributed by atoms with Crippen LogP contribution in [0, 0.1) is 0 Å². The third-order valence-electron chi connectivity index (χ3n) is 3.48. The van der Waals surface area contributed by atoms with Crippen LogP contribution < -0.4 is 5.32 Å². The summed E-state index contributed by atoms with van der Waals surface area (Å²) in [7, 11) is 3.54. The van der Waals surface area contributed by atoms with Gasteiger partial charge >= 0.3 is 6.18 Å². The van der Waals surface area contributed by atoms with Gasteiger partial charge in [-0.1, -0.05) is 12.1 Å². The highest BCUT2D eigenvalue weighted by molar-refractivity contribution is 14.0. The first kappa shape index (κ1) is 24.0. The molecule has 0 saturated carbocycles. The van der Waals surface area contributed by atoms with Gasteiger partial charge in [0.15, 0.2) is 5.96 Å². The molecular weight excluding hydrogens is 446 g/mol. The van der Waals surface area contributed by atoms with Crippen molar-refractivity contribution in [2.24, 2.45) is 4.99 Å².